The molecule has 3 heteroatoms. The van der Waals surface area contributed by atoms with Crippen molar-refractivity contribution >= 4 is 0 Å². The summed E-state index contributed by atoms with van der Waals surface area (Å²) in [5.74, 6) is -0.219. The zero-order valence-corrected chi connectivity index (χ0v) is 8.78. The van der Waals surface area contributed by atoms with Crippen molar-refractivity contribution < 1.29 is 13.9 Å². The highest BCUT2D eigenvalue weighted by Crippen LogP contribution is 2.28. The molecular weight excluding hydrogens is 195 g/mol. The van der Waals surface area contributed by atoms with Gasteiger partial charge in [-0.15, -0.1) is 0 Å². The Hall–Kier alpha value is -0.930. The van der Waals surface area contributed by atoms with Crippen LogP contribution in [0, 0.1) is 5.82 Å². The predicted octanol–water partition coefficient (Wildman–Crippen LogP) is 2.69. The summed E-state index contributed by atoms with van der Waals surface area (Å²) in [7, 11) is 0. The number of halogens is 1. The Balaban J connectivity index is 2.16. The fourth-order valence-corrected chi connectivity index (χ4v) is 1.86. The van der Waals surface area contributed by atoms with Gasteiger partial charge in [0.1, 0.15) is 11.9 Å². The van der Waals surface area contributed by atoms with Crippen molar-refractivity contribution in [1.29, 1.82) is 0 Å². The highest BCUT2D eigenvalue weighted by atomic mass is 19.1. The maximum absolute atomic E-state index is 12.8. The topological polar surface area (TPSA) is 18.5 Å². The molecule has 82 valence electrons. The van der Waals surface area contributed by atoms with Gasteiger partial charge in [-0.3, -0.25) is 0 Å². The van der Waals surface area contributed by atoms with Crippen LogP contribution in [-0.2, 0) is 9.47 Å². The smallest absolute Gasteiger partial charge is 0.123 e. The second-order valence-corrected chi connectivity index (χ2v) is 3.66. The lowest BCUT2D eigenvalue weighted by atomic mass is 10.0. The van der Waals surface area contributed by atoms with Crippen molar-refractivity contribution in [2.24, 2.45) is 0 Å². The first-order valence-electron chi connectivity index (χ1n) is 5.30. The van der Waals surface area contributed by atoms with Crippen molar-refractivity contribution in [2.75, 3.05) is 13.2 Å². The van der Waals surface area contributed by atoms with Gasteiger partial charge in [-0.25, -0.2) is 4.39 Å². The van der Waals surface area contributed by atoms with Crippen molar-refractivity contribution in [1.82, 2.24) is 0 Å². The summed E-state index contributed by atoms with van der Waals surface area (Å²) >= 11 is 0. The molecule has 0 N–H and O–H groups in total. The lowest BCUT2D eigenvalue weighted by Crippen LogP contribution is -2.31. The zero-order chi connectivity index (χ0) is 10.7. The van der Waals surface area contributed by atoms with E-state index in [9.17, 15) is 4.39 Å². The lowest BCUT2D eigenvalue weighted by molar-refractivity contribution is -0.143. The van der Waals surface area contributed by atoms with E-state index in [-0.39, 0.29) is 18.0 Å². The van der Waals surface area contributed by atoms with Crippen molar-refractivity contribution in [3.05, 3.63) is 35.6 Å². The Morgan fingerprint density at radius 2 is 1.87 bits per heavy atom. The van der Waals surface area contributed by atoms with Crippen LogP contribution in [0.25, 0.3) is 0 Å². The van der Waals surface area contributed by atoms with Gasteiger partial charge in [0, 0.05) is 0 Å². The molecule has 0 aliphatic carbocycles. The first-order valence-corrected chi connectivity index (χ1v) is 5.30. The number of hydrogen-bond acceptors (Lipinski definition) is 2. The van der Waals surface area contributed by atoms with Crippen molar-refractivity contribution in [3.8, 4) is 0 Å². The summed E-state index contributed by atoms with van der Waals surface area (Å²) in [5.41, 5.74) is 0.989. The third-order valence-electron chi connectivity index (χ3n) is 2.65. The van der Waals surface area contributed by atoms with Gasteiger partial charge in [-0.05, 0) is 24.1 Å². The maximum atomic E-state index is 12.8. The minimum atomic E-state index is -0.219. The van der Waals surface area contributed by atoms with Crippen LogP contribution in [0.15, 0.2) is 24.3 Å². The third-order valence-corrected chi connectivity index (χ3v) is 2.65. The van der Waals surface area contributed by atoms with Gasteiger partial charge in [0.15, 0.2) is 0 Å². The van der Waals surface area contributed by atoms with E-state index in [0.29, 0.717) is 13.2 Å². The van der Waals surface area contributed by atoms with Crippen LogP contribution in [0.3, 0.4) is 0 Å². The standard InChI is InChI=1S/C12H15FO2/c1-2-11-12(15-8-7-14-11)9-3-5-10(13)6-4-9/h3-6,11-12H,2,7-8H2,1H3. The van der Waals surface area contributed by atoms with Crippen LogP contribution >= 0.6 is 0 Å². The summed E-state index contributed by atoms with van der Waals surface area (Å²) in [4.78, 5) is 0. The molecule has 1 fully saturated rings. The average molecular weight is 210 g/mol. The molecule has 1 aromatic rings. The fourth-order valence-electron chi connectivity index (χ4n) is 1.86. The van der Waals surface area contributed by atoms with Crippen LogP contribution in [0.1, 0.15) is 25.0 Å². The van der Waals surface area contributed by atoms with Crippen LogP contribution in [0.2, 0.25) is 0 Å². The van der Waals surface area contributed by atoms with Gasteiger partial charge >= 0.3 is 0 Å². The van der Waals surface area contributed by atoms with E-state index >= 15 is 0 Å². The minimum Gasteiger partial charge on any atom is -0.373 e. The van der Waals surface area contributed by atoms with Crippen LogP contribution in [-0.4, -0.2) is 19.3 Å². The molecule has 2 atom stereocenters. The van der Waals surface area contributed by atoms with Crippen LogP contribution in [0.5, 0.6) is 0 Å². The highest BCUT2D eigenvalue weighted by Gasteiger charge is 2.26. The van der Waals surface area contributed by atoms with Crippen molar-refractivity contribution in [3.63, 3.8) is 0 Å². The Kier molecular flexibility index (Phi) is 3.34. The van der Waals surface area contributed by atoms with Crippen LogP contribution in [0.4, 0.5) is 4.39 Å². The molecule has 1 aliphatic rings. The molecule has 0 bridgehead atoms. The zero-order valence-electron chi connectivity index (χ0n) is 8.78. The largest absolute Gasteiger partial charge is 0.373 e. The first-order chi connectivity index (χ1) is 7.31. The van der Waals surface area contributed by atoms with Crippen molar-refractivity contribution in [2.45, 2.75) is 25.6 Å². The minimum absolute atomic E-state index is 0.0515. The number of ether oxygens (including phenoxy) is 2. The van der Waals surface area contributed by atoms with Gasteiger partial charge in [-0.2, -0.15) is 0 Å². The predicted molar refractivity (Wildman–Crippen MR) is 55.1 cm³/mol. The van der Waals surface area contributed by atoms with Crippen LogP contribution < -0.4 is 0 Å². The summed E-state index contributed by atoms with van der Waals surface area (Å²) in [6.07, 6.45) is 0.941. The van der Waals surface area contributed by atoms with E-state index in [2.05, 4.69) is 6.92 Å². The molecule has 0 aromatic heterocycles. The summed E-state index contributed by atoms with van der Waals surface area (Å²) in [6.45, 7) is 3.32. The van der Waals surface area contributed by atoms with E-state index in [4.69, 9.17) is 9.47 Å². The molecule has 2 rings (SSSR count). The second kappa shape index (κ2) is 4.73. The highest BCUT2D eigenvalue weighted by molar-refractivity contribution is 5.20. The Labute approximate surface area is 89.0 Å². The Bertz CT molecular complexity index is 310. The monoisotopic (exact) mass is 210 g/mol. The first kappa shape index (κ1) is 10.6. The van der Waals surface area contributed by atoms with Gasteiger partial charge in [0.2, 0.25) is 0 Å². The van der Waals surface area contributed by atoms with E-state index < -0.39 is 0 Å². The van der Waals surface area contributed by atoms with Gasteiger partial charge < -0.3 is 9.47 Å². The van der Waals surface area contributed by atoms with E-state index in [1.807, 2.05) is 0 Å². The van der Waals surface area contributed by atoms with Gasteiger partial charge in [-0.1, -0.05) is 19.1 Å². The number of hydrogen-bond donors (Lipinski definition) is 0. The molecule has 0 amide bonds. The molecule has 2 unspecified atom stereocenters. The van der Waals surface area contributed by atoms with E-state index in [1.165, 1.54) is 12.1 Å². The lowest BCUT2D eigenvalue weighted by Gasteiger charge is -2.31. The second-order valence-electron chi connectivity index (χ2n) is 3.66. The average Bonchev–Trinajstić information content (AvgIpc) is 2.30. The van der Waals surface area contributed by atoms with Gasteiger partial charge in [0.25, 0.3) is 0 Å². The molecule has 2 nitrogen and oxygen atoms in total. The Morgan fingerprint density at radius 3 is 2.53 bits per heavy atom. The summed E-state index contributed by atoms with van der Waals surface area (Å²) in [6, 6.07) is 6.44. The van der Waals surface area contributed by atoms with E-state index in [1.54, 1.807) is 12.1 Å². The SMILES string of the molecule is CCC1OCCOC1c1ccc(F)cc1. The Morgan fingerprint density at radius 1 is 1.20 bits per heavy atom. The third kappa shape index (κ3) is 2.36. The summed E-state index contributed by atoms with van der Waals surface area (Å²) in [5, 5.41) is 0. The molecule has 0 saturated carbocycles. The number of benzene rings is 1. The molecule has 1 aromatic carbocycles. The summed E-state index contributed by atoms with van der Waals surface area (Å²) < 4.78 is 24.0. The molecule has 1 heterocycles. The maximum Gasteiger partial charge on any atom is 0.123 e. The molecule has 1 aliphatic heterocycles. The van der Waals surface area contributed by atoms with E-state index in [0.717, 1.165) is 12.0 Å². The quantitative estimate of drug-likeness (QED) is 0.747. The number of rotatable bonds is 2. The molecule has 1 saturated heterocycles. The molecule has 0 spiro atoms. The molecule has 15 heavy (non-hydrogen) atoms. The van der Waals surface area contributed by atoms with Gasteiger partial charge in [0.05, 0.1) is 19.3 Å². The fraction of sp³-hybridized carbons (Fsp3) is 0.500. The molecular formula is C12H15FO2. The normalized spacial score (nSPS) is 26.5. The molecule has 0 radical (unpaired) electrons.